The summed E-state index contributed by atoms with van der Waals surface area (Å²) in [7, 11) is 1.58. The fourth-order valence-electron chi connectivity index (χ4n) is 10.4. The molecule has 66 heavy (non-hydrogen) atoms. The average Bonchev–Trinajstić information content (AvgIpc) is 3.57. The van der Waals surface area contributed by atoms with Gasteiger partial charge in [0.1, 0.15) is 11.7 Å². The monoisotopic (exact) mass is 910 g/mol. The minimum Gasteiger partial charge on any atom is -0.404 e. The summed E-state index contributed by atoms with van der Waals surface area (Å²) >= 11 is 0. The number of likely N-dealkylation sites (tertiary alicyclic amines) is 2. The summed E-state index contributed by atoms with van der Waals surface area (Å²) in [6, 6.07) is 7.71. The van der Waals surface area contributed by atoms with Gasteiger partial charge in [0.2, 0.25) is 17.7 Å². The second-order valence-electron chi connectivity index (χ2n) is 18.3. The van der Waals surface area contributed by atoms with E-state index in [1.807, 2.05) is 4.58 Å². The first-order valence-electron chi connectivity index (χ1n) is 23.3. The van der Waals surface area contributed by atoms with Gasteiger partial charge in [-0.05, 0) is 99.3 Å². The third-order valence-electron chi connectivity index (χ3n) is 14.2. The van der Waals surface area contributed by atoms with Crippen molar-refractivity contribution in [3.8, 4) is 0 Å². The Kier molecular flexibility index (Phi) is 14.3. The van der Waals surface area contributed by atoms with E-state index in [-0.39, 0.29) is 41.5 Å². The van der Waals surface area contributed by atoms with Crippen LogP contribution in [-0.2, 0) is 20.8 Å². The molecule has 6 heterocycles. The zero-order valence-corrected chi connectivity index (χ0v) is 37.9. The lowest BCUT2D eigenvalue weighted by atomic mass is 9.92. The van der Waals surface area contributed by atoms with Gasteiger partial charge in [-0.1, -0.05) is 6.07 Å². The lowest BCUT2D eigenvalue weighted by Gasteiger charge is -2.38. The van der Waals surface area contributed by atoms with Crippen molar-refractivity contribution in [2.24, 2.45) is 22.4 Å². The maximum atomic E-state index is 14.6. The fraction of sp³-hybridized carbons (Fsp3) is 0.521. The van der Waals surface area contributed by atoms with Crippen LogP contribution in [0.2, 0.25) is 0 Å². The number of amides is 5. The summed E-state index contributed by atoms with van der Waals surface area (Å²) in [4.78, 5) is 75.5. The third-order valence-corrected chi connectivity index (χ3v) is 14.2. The van der Waals surface area contributed by atoms with E-state index in [1.165, 1.54) is 18.5 Å². The molecule has 7 N–H and O–H groups in total. The minimum atomic E-state index is -2.74. The molecule has 1 unspecified atom stereocenters. The molecule has 5 amide bonds. The van der Waals surface area contributed by atoms with E-state index in [4.69, 9.17) is 11.5 Å². The number of fused-ring (bicyclic) bond motifs is 2. The highest BCUT2D eigenvalue weighted by Gasteiger charge is 2.46. The molecular weight excluding hydrogens is 849 g/mol. The Morgan fingerprint density at radius 3 is 2.36 bits per heavy atom. The van der Waals surface area contributed by atoms with Gasteiger partial charge in [0.05, 0.1) is 29.8 Å². The number of aryl methyl sites for hydroxylation is 1. The van der Waals surface area contributed by atoms with Crippen molar-refractivity contribution in [1.29, 1.82) is 0 Å². The fourth-order valence-corrected chi connectivity index (χ4v) is 10.4. The second kappa shape index (κ2) is 20.2. The van der Waals surface area contributed by atoms with Gasteiger partial charge in [-0.3, -0.25) is 44.9 Å². The molecule has 3 fully saturated rings. The Morgan fingerprint density at radius 1 is 0.970 bits per heavy atom. The van der Waals surface area contributed by atoms with E-state index < -0.39 is 36.1 Å². The van der Waals surface area contributed by atoms with Crippen LogP contribution in [0.4, 0.5) is 20.2 Å². The predicted molar refractivity (Wildman–Crippen MR) is 248 cm³/mol. The Labute approximate surface area is 384 Å². The summed E-state index contributed by atoms with van der Waals surface area (Å²) in [5.74, 6) is -1.21. The molecule has 0 bridgehead atoms. The number of nitrogens with two attached hydrogens (primary N) is 2. The largest absolute Gasteiger partial charge is 0.404 e. The van der Waals surface area contributed by atoms with E-state index >= 15 is 0 Å². The van der Waals surface area contributed by atoms with E-state index in [9.17, 15) is 32.8 Å². The maximum absolute atomic E-state index is 14.6. The Balaban J connectivity index is 0.845. The molecule has 0 radical (unpaired) electrons. The van der Waals surface area contributed by atoms with Gasteiger partial charge in [0, 0.05) is 107 Å². The van der Waals surface area contributed by atoms with E-state index in [2.05, 4.69) is 30.7 Å². The number of allylic oxidation sites excluding steroid dienone is 1. The molecule has 16 nitrogen and oxygen atoms in total. The number of halogens is 2. The molecule has 2 aromatic carbocycles. The Bertz CT molecular complexity index is 2380. The van der Waals surface area contributed by atoms with Crippen LogP contribution >= 0.6 is 0 Å². The van der Waals surface area contributed by atoms with Crippen LogP contribution < -0.4 is 27.4 Å². The molecule has 2 aromatic rings. The maximum Gasteiger partial charge on any atom is 0.279 e. The quantitative estimate of drug-likeness (QED) is 0.0855. The van der Waals surface area contributed by atoms with Crippen LogP contribution in [0.25, 0.3) is 5.57 Å². The highest BCUT2D eigenvalue weighted by atomic mass is 19.3. The number of hydrogen-bond acceptors (Lipinski definition) is 11. The van der Waals surface area contributed by atoms with E-state index in [1.54, 1.807) is 43.1 Å². The summed E-state index contributed by atoms with van der Waals surface area (Å²) in [5, 5.41) is 9.52. The van der Waals surface area contributed by atoms with Crippen molar-refractivity contribution in [3.05, 3.63) is 75.6 Å². The summed E-state index contributed by atoms with van der Waals surface area (Å²) in [6.45, 7) is 9.47. The number of nitrogens with one attached hydrogen (secondary N) is 3. The zero-order chi connectivity index (χ0) is 46.6. The van der Waals surface area contributed by atoms with Gasteiger partial charge in [-0.25, -0.2) is 13.4 Å². The molecule has 6 aliphatic rings. The third kappa shape index (κ3) is 9.75. The molecular formula is C48H62F2N11O5+. The number of aliphatic imine (C=N–C) groups is 1. The van der Waals surface area contributed by atoms with Gasteiger partial charge in [0.15, 0.2) is 0 Å². The van der Waals surface area contributed by atoms with E-state index in [0.717, 1.165) is 93.1 Å². The first-order valence-corrected chi connectivity index (χ1v) is 23.3. The highest BCUT2D eigenvalue weighted by molar-refractivity contribution is 6.25. The molecule has 18 heteroatoms. The predicted octanol–water partition coefficient (Wildman–Crippen LogP) is 3.36. The SMILES string of the molecule is CN=CC(=CN)c1cc2c(cc1C(F)F)[N+](=C(N)C1=C(NC3CCN(CCN4CCC(CNc5cccc6c5C(=O)N(C5CCC(=O)NC5=O)C6=O)CC4)CC3)CCN(C(C)=O)C1)CCC2. The van der Waals surface area contributed by atoms with Crippen molar-refractivity contribution in [2.75, 3.05) is 77.8 Å². The molecule has 0 saturated carbocycles. The first kappa shape index (κ1) is 46.5. The van der Waals surface area contributed by atoms with Crippen molar-refractivity contribution in [1.82, 2.24) is 30.2 Å². The summed E-state index contributed by atoms with van der Waals surface area (Å²) in [5.41, 5.74) is 18.1. The molecule has 8 rings (SSSR count). The number of anilines is 1. The first-order chi connectivity index (χ1) is 31.8. The topological polar surface area (TPSA) is 202 Å². The number of carbonyl (C=O) groups excluding carboxylic acids is 5. The number of rotatable bonds is 13. The Hall–Kier alpha value is -6.01. The Morgan fingerprint density at radius 2 is 1.70 bits per heavy atom. The second-order valence-corrected chi connectivity index (χ2v) is 18.3. The molecule has 352 valence electrons. The van der Waals surface area contributed by atoms with Crippen LogP contribution in [0.1, 0.15) is 102 Å². The van der Waals surface area contributed by atoms with Gasteiger partial charge >= 0.3 is 0 Å². The number of imide groups is 2. The lowest BCUT2D eigenvalue weighted by molar-refractivity contribution is -0.447. The van der Waals surface area contributed by atoms with Gasteiger partial charge < -0.3 is 31.1 Å². The number of amidine groups is 1. The smallest absolute Gasteiger partial charge is 0.279 e. The van der Waals surface area contributed by atoms with Gasteiger partial charge in [-0.2, -0.15) is 0 Å². The number of nitrogens with zero attached hydrogens (tertiary/aromatic N) is 6. The van der Waals surface area contributed by atoms with Crippen LogP contribution in [0.15, 0.2) is 52.8 Å². The van der Waals surface area contributed by atoms with Crippen molar-refractivity contribution in [2.45, 2.75) is 83.2 Å². The minimum absolute atomic E-state index is 0.0380. The highest BCUT2D eigenvalue weighted by Crippen LogP contribution is 2.37. The summed E-state index contributed by atoms with van der Waals surface area (Å²) in [6.07, 6.45) is 6.26. The number of alkyl halides is 2. The standard InChI is InChI=1S/C48H61F2N11O5/c1-29(62)59-20-14-38(37(28-59)45(52)60-15-4-5-31-23-35(32(25-51)27-53-2)36(44(49)50)24-41(31)60)55-33-12-18-58(19-13-33)22-21-57-16-10-30(11-17-57)26-54-39-7-3-6-34-43(39)48(66)61(47(34)65)40-8-9-42(63)56-46(40)64/h3,6-7,23-25,27,30,33,40,44H,4-5,8-22,26,28H2,1-2H3,(H6,51,52,53,54,55,56,63,64,66)/p+1. The molecule has 0 spiro atoms. The lowest BCUT2D eigenvalue weighted by Crippen LogP contribution is -2.54. The van der Waals surface area contributed by atoms with Crippen LogP contribution in [-0.4, -0.2) is 150 Å². The van der Waals surface area contributed by atoms with Crippen LogP contribution in [0.5, 0.6) is 0 Å². The summed E-state index contributed by atoms with van der Waals surface area (Å²) < 4.78 is 31.1. The van der Waals surface area contributed by atoms with Crippen molar-refractivity contribution < 1.29 is 37.3 Å². The zero-order valence-electron chi connectivity index (χ0n) is 37.9. The number of piperidine rings is 3. The molecule has 1 atom stereocenters. The van der Waals surface area contributed by atoms with Crippen molar-refractivity contribution in [3.63, 3.8) is 0 Å². The van der Waals surface area contributed by atoms with Gasteiger partial charge in [-0.15, -0.1) is 0 Å². The number of hydrogen-bond donors (Lipinski definition) is 5. The van der Waals surface area contributed by atoms with Crippen LogP contribution in [0, 0.1) is 5.92 Å². The number of benzene rings is 2. The van der Waals surface area contributed by atoms with Crippen LogP contribution in [0.3, 0.4) is 0 Å². The molecule has 0 aliphatic carbocycles. The van der Waals surface area contributed by atoms with E-state index in [0.29, 0.717) is 73.3 Å². The molecule has 6 aliphatic heterocycles. The normalized spacial score (nSPS) is 22.6. The average molecular weight is 911 g/mol. The number of carbonyl (C=O) groups is 5. The van der Waals surface area contributed by atoms with Gasteiger partial charge in [0.25, 0.3) is 24.1 Å². The molecule has 0 aromatic heterocycles. The van der Waals surface area contributed by atoms with Crippen molar-refractivity contribution >= 4 is 58.5 Å². The molecule has 3 saturated heterocycles.